The molecule has 1 aliphatic heterocycles. The smallest absolute Gasteiger partial charge is 0.234 e. The van der Waals surface area contributed by atoms with Gasteiger partial charge in [0, 0.05) is 22.1 Å². The lowest BCUT2D eigenvalue weighted by atomic mass is 9.97. The number of benzene rings is 1. The number of hydrogen-bond donors (Lipinski definition) is 3. The number of nitrogens with zero attached hydrogens (tertiary/aromatic N) is 2. The maximum atomic E-state index is 12.1. The van der Waals surface area contributed by atoms with Crippen molar-refractivity contribution in [2.75, 3.05) is 26.2 Å². The molecule has 0 saturated carbocycles. The number of rotatable bonds is 6. The van der Waals surface area contributed by atoms with Crippen LogP contribution in [-0.2, 0) is 4.79 Å². The van der Waals surface area contributed by atoms with Crippen LogP contribution in [0.4, 0.5) is 0 Å². The highest BCUT2D eigenvalue weighted by molar-refractivity contribution is 6.35. The summed E-state index contributed by atoms with van der Waals surface area (Å²) < 4.78 is 0. The first kappa shape index (κ1) is 23.8. The second-order valence-electron chi connectivity index (χ2n) is 8.78. The molecule has 1 unspecified atom stereocenters. The van der Waals surface area contributed by atoms with E-state index in [2.05, 4.69) is 20.5 Å². The number of carbonyl (C=O) groups excluding carboxylic acids is 1. The Bertz CT molecular complexity index is 724. The van der Waals surface area contributed by atoms with E-state index >= 15 is 0 Å². The number of likely N-dealkylation sites (tertiary alicyclic amines) is 1. The van der Waals surface area contributed by atoms with Crippen molar-refractivity contribution in [2.45, 2.75) is 52.1 Å². The van der Waals surface area contributed by atoms with Gasteiger partial charge in [-0.15, -0.1) is 0 Å². The highest BCUT2D eigenvalue weighted by Gasteiger charge is 2.22. The minimum atomic E-state index is -0.192. The fourth-order valence-electron chi connectivity index (χ4n) is 3.41. The van der Waals surface area contributed by atoms with Gasteiger partial charge in [0.1, 0.15) is 0 Å². The fraction of sp³-hybridized carbons (Fsp3) is 0.619. The molecular weight excluding hydrogens is 409 g/mol. The van der Waals surface area contributed by atoms with Gasteiger partial charge >= 0.3 is 0 Å². The van der Waals surface area contributed by atoms with E-state index in [1.807, 2.05) is 39.8 Å². The SMILES string of the molecule is CC(NC(N)=NCC1CCN(CC(=O)NC(C)(C)C)CC1)c1ccc(Cl)cc1Cl. The van der Waals surface area contributed by atoms with Crippen LogP contribution < -0.4 is 16.4 Å². The molecule has 1 aromatic rings. The van der Waals surface area contributed by atoms with Crippen LogP contribution in [0.3, 0.4) is 0 Å². The lowest BCUT2D eigenvalue weighted by Crippen LogP contribution is -2.47. The highest BCUT2D eigenvalue weighted by Crippen LogP contribution is 2.26. The quantitative estimate of drug-likeness (QED) is 0.465. The maximum absolute atomic E-state index is 12.1. The molecule has 1 aliphatic rings. The summed E-state index contributed by atoms with van der Waals surface area (Å²) in [6.45, 7) is 10.9. The van der Waals surface area contributed by atoms with E-state index in [-0.39, 0.29) is 17.5 Å². The lowest BCUT2D eigenvalue weighted by Gasteiger charge is -2.31. The largest absolute Gasteiger partial charge is 0.370 e. The molecule has 0 bridgehead atoms. The molecule has 29 heavy (non-hydrogen) atoms. The van der Waals surface area contributed by atoms with E-state index in [1.165, 1.54) is 0 Å². The number of amides is 1. The van der Waals surface area contributed by atoms with Crippen molar-refractivity contribution in [3.8, 4) is 0 Å². The van der Waals surface area contributed by atoms with E-state index in [4.69, 9.17) is 28.9 Å². The first-order chi connectivity index (χ1) is 13.5. The van der Waals surface area contributed by atoms with Gasteiger partial charge in [-0.1, -0.05) is 29.3 Å². The molecule has 1 atom stereocenters. The van der Waals surface area contributed by atoms with Crippen molar-refractivity contribution >= 4 is 35.1 Å². The third-order valence-corrected chi connectivity index (χ3v) is 5.46. The molecule has 8 heteroatoms. The van der Waals surface area contributed by atoms with E-state index in [0.29, 0.717) is 35.0 Å². The standard InChI is InChI=1S/C21H33Cl2N5O/c1-14(17-6-5-16(22)11-18(17)23)26-20(24)25-12-15-7-9-28(10-8-15)13-19(29)27-21(2,3)4/h5-6,11,14-15H,7-10,12-13H2,1-4H3,(H,27,29)(H3,24,25,26). The normalized spacial score (nSPS) is 17.8. The van der Waals surface area contributed by atoms with Crippen LogP contribution in [0.1, 0.15) is 52.1 Å². The summed E-state index contributed by atoms with van der Waals surface area (Å²) >= 11 is 12.2. The Morgan fingerprint density at radius 3 is 2.55 bits per heavy atom. The van der Waals surface area contributed by atoms with Crippen LogP contribution >= 0.6 is 23.2 Å². The molecule has 1 amide bonds. The minimum absolute atomic E-state index is 0.0632. The number of halogens is 2. The summed E-state index contributed by atoms with van der Waals surface area (Å²) in [7, 11) is 0. The molecule has 0 radical (unpaired) electrons. The molecule has 1 fully saturated rings. The summed E-state index contributed by atoms with van der Waals surface area (Å²) in [5, 5.41) is 7.41. The van der Waals surface area contributed by atoms with Gasteiger partial charge in [0.25, 0.3) is 0 Å². The summed E-state index contributed by atoms with van der Waals surface area (Å²) in [6.07, 6.45) is 2.02. The van der Waals surface area contributed by atoms with Crippen molar-refractivity contribution in [1.82, 2.24) is 15.5 Å². The average Bonchev–Trinajstić information content (AvgIpc) is 2.59. The number of nitrogens with one attached hydrogen (secondary N) is 2. The second kappa shape index (κ2) is 10.5. The monoisotopic (exact) mass is 441 g/mol. The Kier molecular flexibility index (Phi) is 8.61. The zero-order valence-corrected chi connectivity index (χ0v) is 19.3. The molecular formula is C21H33Cl2N5O. The Morgan fingerprint density at radius 1 is 1.31 bits per heavy atom. The average molecular weight is 442 g/mol. The van der Waals surface area contributed by atoms with Crippen molar-refractivity contribution in [3.05, 3.63) is 33.8 Å². The van der Waals surface area contributed by atoms with Gasteiger partial charge in [-0.25, -0.2) is 0 Å². The molecule has 0 aromatic heterocycles. The summed E-state index contributed by atoms with van der Waals surface area (Å²) in [5.41, 5.74) is 6.80. The van der Waals surface area contributed by atoms with Gasteiger partial charge in [-0.2, -0.15) is 0 Å². The molecule has 0 spiro atoms. The van der Waals surface area contributed by atoms with Gasteiger partial charge in [-0.05, 0) is 77.2 Å². The van der Waals surface area contributed by atoms with Gasteiger partial charge in [0.2, 0.25) is 5.91 Å². The summed E-state index contributed by atoms with van der Waals surface area (Å²) in [5.74, 6) is 0.972. The number of nitrogens with two attached hydrogens (primary N) is 1. The minimum Gasteiger partial charge on any atom is -0.370 e. The van der Waals surface area contributed by atoms with Gasteiger partial charge in [-0.3, -0.25) is 14.7 Å². The van der Waals surface area contributed by atoms with Crippen molar-refractivity contribution in [1.29, 1.82) is 0 Å². The molecule has 1 heterocycles. The number of hydrogen-bond acceptors (Lipinski definition) is 3. The summed E-state index contributed by atoms with van der Waals surface area (Å²) in [6, 6.07) is 5.36. The van der Waals surface area contributed by atoms with Crippen LogP contribution in [0.2, 0.25) is 10.0 Å². The van der Waals surface area contributed by atoms with Gasteiger partial charge in [0.15, 0.2) is 5.96 Å². The molecule has 0 aliphatic carbocycles. The van der Waals surface area contributed by atoms with Crippen LogP contribution in [0.15, 0.2) is 23.2 Å². The van der Waals surface area contributed by atoms with Crippen molar-refractivity contribution in [3.63, 3.8) is 0 Å². The number of piperidine rings is 1. The van der Waals surface area contributed by atoms with Crippen LogP contribution in [-0.4, -0.2) is 48.5 Å². The zero-order valence-electron chi connectivity index (χ0n) is 17.8. The maximum Gasteiger partial charge on any atom is 0.234 e. The Balaban J connectivity index is 1.75. The Hall–Kier alpha value is -1.50. The third-order valence-electron chi connectivity index (χ3n) is 4.90. The fourth-order valence-corrected chi connectivity index (χ4v) is 3.99. The molecule has 6 nitrogen and oxygen atoms in total. The third kappa shape index (κ3) is 8.41. The van der Waals surface area contributed by atoms with E-state index < -0.39 is 0 Å². The molecule has 2 rings (SSSR count). The molecule has 162 valence electrons. The highest BCUT2D eigenvalue weighted by atomic mass is 35.5. The van der Waals surface area contributed by atoms with Gasteiger partial charge < -0.3 is 16.4 Å². The number of aliphatic imine (C=N–C) groups is 1. The van der Waals surface area contributed by atoms with E-state index in [0.717, 1.165) is 31.5 Å². The van der Waals surface area contributed by atoms with Crippen molar-refractivity contribution in [2.24, 2.45) is 16.6 Å². The molecule has 4 N–H and O–H groups in total. The zero-order chi connectivity index (χ0) is 21.6. The summed E-state index contributed by atoms with van der Waals surface area (Å²) in [4.78, 5) is 18.8. The van der Waals surface area contributed by atoms with Crippen molar-refractivity contribution < 1.29 is 4.79 Å². The second-order valence-corrected chi connectivity index (χ2v) is 9.62. The van der Waals surface area contributed by atoms with Crippen LogP contribution in [0, 0.1) is 5.92 Å². The van der Waals surface area contributed by atoms with E-state index in [1.54, 1.807) is 6.07 Å². The topological polar surface area (TPSA) is 82.8 Å². The number of guanidine groups is 1. The first-order valence-corrected chi connectivity index (χ1v) is 10.8. The van der Waals surface area contributed by atoms with Gasteiger partial charge in [0.05, 0.1) is 12.6 Å². The predicted octanol–water partition coefficient (Wildman–Crippen LogP) is 3.59. The number of carbonyl (C=O) groups is 1. The molecule has 1 saturated heterocycles. The van der Waals surface area contributed by atoms with Crippen LogP contribution in [0.5, 0.6) is 0 Å². The Labute approximate surface area is 184 Å². The van der Waals surface area contributed by atoms with Crippen LogP contribution in [0.25, 0.3) is 0 Å². The molecule has 1 aromatic carbocycles. The lowest BCUT2D eigenvalue weighted by molar-refractivity contribution is -0.124. The first-order valence-electron chi connectivity index (χ1n) is 10.1. The van der Waals surface area contributed by atoms with E-state index in [9.17, 15) is 4.79 Å². The predicted molar refractivity (Wildman–Crippen MR) is 122 cm³/mol. The Morgan fingerprint density at radius 2 is 1.97 bits per heavy atom.